The molecular weight excluding hydrogens is 1020 g/mol. The number of hydrogen-bond donors (Lipinski definition) is 9. The Morgan fingerprint density at radius 1 is 0.875 bits per heavy atom. The molecule has 1 aliphatic carbocycles. The molecule has 1 unspecified atom stereocenters. The van der Waals surface area contributed by atoms with E-state index in [2.05, 4.69) is 104 Å². The van der Waals surface area contributed by atoms with E-state index >= 15 is 0 Å². The zero-order valence-electron chi connectivity index (χ0n) is 45.3. The Balaban J connectivity index is 0.698. The van der Waals surface area contributed by atoms with Crippen LogP contribution in [0.2, 0.25) is 0 Å². The van der Waals surface area contributed by atoms with Crippen LogP contribution in [-0.2, 0) is 36.8 Å². The van der Waals surface area contributed by atoms with E-state index < -0.39 is 23.8 Å². The number of aliphatic carboxylic acids is 1. The monoisotopic (exact) mass is 1090 g/mol. The van der Waals surface area contributed by atoms with E-state index in [-0.39, 0.29) is 117 Å². The Morgan fingerprint density at radius 2 is 1.57 bits per heavy atom. The third-order valence-corrected chi connectivity index (χ3v) is 14.9. The molecular formula is C58H65N13O9. The molecule has 8 bridgehead atoms. The standard InChI is InChI=1S/C58H65N13O9/c1-7-36-29(3)41-24-43-31(5)38(51(67-43)39-23-47(72)50-32(6)44(68-52(39)50)26-46-37(8-2)30(4)42(66-46)25-45(36)65-41)13-15-48(73)60-17-19-79-21-22-80-20-18-61-49(74)16-14-40(57(77)78)69-55(75)33-9-11-34(12-10-33)62-27-35-28-63-54-53(64-35)56(76)71-58(59)70-54/h7,9-12,24-26,28,31,38,40,62,65,68H,1,8,13-23,27H2,2-6H3,(H,60,73)(H,61,74)(H,69,75)(H,77,78)(H3,59,63,70,71,76)/t31-,38-,40?/m0/s1. The maximum atomic E-state index is 13.8. The number of fused-ring (bicyclic) bond motifs is 9. The minimum atomic E-state index is -1.31. The Kier molecular flexibility index (Phi) is 17.0. The lowest BCUT2D eigenvalue weighted by atomic mass is 9.85. The summed E-state index contributed by atoms with van der Waals surface area (Å²) < 4.78 is 11.3. The van der Waals surface area contributed by atoms with Crippen molar-refractivity contribution in [2.45, 2.75) is 97.6 Å². The number of allylic oxidation sites excluding steroid dienone is 2. The number of aromatic nitrogens is 8. The van der Waals surface area contributed by atoms with Crippen molar-refractivity contribution in [2.24, 2.45) is 0 Å². The summed E-state index contributed by atoms with van der Waals surface area (Å²) in [5.74, 6) is -3.08. The zero-order valence-corrected chi connectivity index (χ0v) is 45.3. The molecule has 5 aromatic heterocycles. The summed E-state index contributed by atoms with van der Waals surface area (Å²) in [5.41, 5.74) is 20.8. The van der Waals surface area contributed by atoms with Gasteiger partial charge in [0.25, 0.3) is 5.91 Å². The van der Waals surface area contributed by atoms with Gasteiger partial charge in [-0.15, -0.1) is 0 Å². The average Bonchev–Trinajstić information content (AvgIpc) is 4.33. The van der Waals surface area contributed by atoms with Crippen LogP contribution in [0.4, 0.5) is 11.6 Å². The lowest BCUT2D eigenvalue weighted by Gasteiger charge is -2.17. The first-order valence-electron chi connectivity index (χ1n) is 26.7. The molecule has 3 amide bonds. The number of nitrogens with zero attached hydrogens (tertiary/aromatic N) is 6. The highest BCUT2D eigenvalue weighted by molar-refractivity contribution is 6.13. The van der Waals surface area contributed by atoms with Gasteiger partial charge in [-0.3, -0.25) is 24.2 Å². The molecule has 2 aliphatic heterocycles. The molecule has 9 rings (SSSR count). The third-order valence-electron chi connectivity index (χ3n) is 14.9. The maximum Gasteiger partial charge on any atom is 0.326 e. The maximum absolute atomic E-state index is 13.8. The second-order valence-electron chi connectivity index (χ2n) is 20.0. The fourth-order valence-electron chi connectivity index (χ4n) is 10.5. The number of nitrogens with two attached hydrogens (primary N) is 1. The highest BCUT2D eigenvalue weighted by Gasteiger charge is 2.36. The number of Topliss-reactive ketones (excluding diaryl/α,β-unsaturated/α-hetero) is 1. The number of ketones is 1. The number of benzene rings is 1. The van der Waals surface area contributed by atoms with Gasteiger partial charge in [-0.05, 0) is 105 Å². The van der Waals surface area contributed by atoms with Gasteiger partial charge in [-0.25, -0.2) is 19.7 Å². The van der Waals surface area contributed by atoms with Gasteiger partial charge >= 0.3 is 5.97 Å². The van der Waals surface area contributed by atoms with E-state index in [1.54, 1.807) is 12.1 Å². The van der Waals surface area contributed by atoms with E-state index in [1.807, 2.05) is 13.0 Å². The SMILES string of the molecule is C=Cc1c(C)c2cc3nc(c4c5[nH]c(cc6nc(cc1[nH]2)C(C)=C6CC)c(C)c5C(=O)C4)[C@@H](CCC(=O)NCCOCCOCCNC(=O)CCC(NC(=O)c1ccc(NCc2cnc4nc(N)nc(O)c4n2)cc1)C(=O)O)[C@@H]3C. The highest BCUT2D eigenvalue weighted by Crippen LogP contribution is 2.44. The van der Waals surface area contributed by atoms with Gasteiger partial charge < -0.3 is 56.7 Å². The molecule has 10 N–H and O–H groups in total. The first-order valence-corrected chi connectivity index (χ1v) is 26.7. The summed E-state index contributed by atoms with van der Waals surface area (Å²) in [5, 5.41) is 31.1. The molecule has 0 spiro atoms. The van der Waals surface area contributed by atoms with E-state index in [4.69, 9.17) is 25.2 Å². The molecule has 0 saturated carbocycles. The first-order chi connectivity index (χ1) is 38.5. The smallest absolute Gasteiger partial charge is 0.326 e. The molecule has 416 valence electrons. The van der Waals surface area contributed by atoms with Crippen molar-refractivity contribution in [1.29, 1.82) is 0 Å². The second kappa shape index (κ2) is 24.4. The molecule has 22 nitrogen and oxygen atoms in total. The first kappa shape index (κ1) is 55.9. The van der Waals surface area contributed by atoms with Crippen molar-refractivity contribution < 1.29 is 43.7 Å². The molecule has 0 saturated heterocycles. The van der Waals surface area contributed by atoms with Crippen LogP contribution < -0.4 is 27.0 Å². The number of H-pyrrole nitrogens is 2. The number of anilines is 2. The van der Waals surface area contributed by atoms with Crippen molar-refractivity contribution in [3.05, 3.63) is 117 Å². The van der Waals surface area contributed by atoms with Crippen LogP contribution in [0, 0.1) is 13.8 Å². The third kappa shape index (κ3) is 12.2. The predicted molar refractivity (Wildman–Crippen MR) is 303 cm³/mol. The van der Waals surface area contributed by atoms with E-state index in [0.29, 0.717) is 29.9 Å². The fourth-order valence-corrected chi connectivity index (χ4v) is 10.5. The Morgan fingerprint density at radius 3 is 2.27 bits per heavy atom. The summed E-state index contributed by atoms with van der Waals surface area (Å²) in [6, 6.07) is 11.2. The minimum absolute atomic E-state index is 0.0447. The van der Waals surface area contributed by atoms with Crippen LogP contribution in [0.5, 0.6) is 5.88 Å². The Hall–Kier alpha value is -8.89. The number of carbonyl (C=O) groups is 5. The Labute approximate surface area is 460 Å². The average molecular weight is 1090 g/mol. The number of nitrogens with one attached hydrogen (secondary N) is 6. The van der Waals surface area contributed by atoms with E-state index in [0.717, 1.165) is 84.7 Å². The normalized spacial score (nSPS) is 15.0. The summed E-state index contributed by atoms with van der Waals surface area (Å²) >= 11 is 0. The molecule has 0 fully saturated rings. The van der Waals surface area contributed by atoms with Gasteiger partial charge in [0.1, 0.15) is 6.04 Å². The number of aromatic hydroxyl groups is 1. The number of carbonyl (C=O) groups excluding carboxylic acids is 4. The number of carboxylic acid groups (broad SMARTS) is 1. The van der Waals surface area contributed by atoms with E-state index in [1.165, 1.54) is 18.3 Å². The van der Waals surface area contributed by atoms with Crippen LogP contribution in [-0.4, -0.2) is 125 Å². The molecule has 1 aromatic carbocycles. The second-order valence-corrected chi connectivity index (χ2v) is 20.0. The predicted octanol–water partition coefficient (Wildman–Crippen LogP) is 6.88. The van der Waals surface area contributed by atoms with Crippen LogP contribution in [0.25, 0.3) is 50.5 Å². The van der Waals surface area contributed by atoms with Gasteiger partial charge in [-0.1, -0.05) is 26.5 Å². The zero-order chi connectivity index (χ0) is 56.8. The van der Waals surface area contributed by atoms with E-state index in [9.17, 15) is 34.2 Å². The number of aryl methyl sites for hydroxylation is 2. The summed E-state index contributed by atoms with van der Waals surface area (Å²) in [6.07, 6.45) is 4.84. The van der Waals surface area contributed by atoms with Gasteiger partial charge in [0.2, 0.25) is 23.6 Å². The minimum Gasteiger partial charge on any atom is -0.492 e. The van der Waals surface area contributed by atoms with Gasteiger partial charge in [0.15, 0.2) is 16.9 Å². The summed E-state index contributed by atoms with van der Waals surface area (Å²) in [7, 11) is 0. The molecule has 80 heavy (non-hydrogen) atoms. The molecule has 3 atom stereocenters. The van der Waals surface area contributed by atoms with Crippen LogP contribution in [0.3, 0.4) is 0 Å². The van der Waals surface area contributed by atoms with Crippen molar-refractivity contribution >= 4 is 91.6 Å². The van der Waals surface area contributed by atoms with Gasteiger partial charge in [0, 0.05) is 94.4 Å². The molecule has 0 radical (unpaired) electrons. The van der Waals surface area contributed by atoms with Gasteiger partial charge in [-0.2, -0.15) is 9.97 Å². The van der Waals surface area contributed by atoms with Crippen molar-refractivity contribution in [3.63, 3.8) is 0 Å². The molecule has 7 heterocycles. The molecule has 3 aliphatic rings. The molecule has 6 aromatic rings. The number of carboxylic acids is 1. The largest absolute Gasteiger partial charge is 0.492 e. The number of nitrogen functional groups attached to an aromatic ring is 1. The fraction of sp³-hybridized carbons (Fsp3) is 0.362. The number of ether oxygens (including phenoxy) is 2. The lowest BCUT2D eigenvalue weighted by molar-refractivity contribution is -0.139. The van der Waals surface area contributed by atoms with Crippen molar-refractivity contribution in [3.8, 4) is 5.88 Å². The lowest BCUT2D eigenvalue weighted by Crippen LogP contribution is -2.41. The van der Waals surface area contributed by atoms with Crippen molar-refractivity contribution in [1.82, 2.24) is 55.8 Å². The quantitative estimate of drug-likeness (QED) is 0.0295. The summed E-state index contributed by atoms with van der Waals surface area (Å²) in [6.45, 7) is 16.2. The number of hydrogen-bond acceptors (Lipinski definition) is 16. The number of rotatable bonds is 23. The Bertz CT molecular complexity index is 3640. The number of amides is 3. The molecule has 22 heteroatoms. The van der Waals surface area contributed by atoms with Crippen LogP contribution in [0.15, 0.2) is 55.2 Å². The van der Waals surface area contributed by atoms with Crippen LogP contribution >= 0.6 is 0 Å². The topological polar surface area (TPSA) is 327 Å². The van der Waals surface area contributed by atoms with Crippen LogP contribution in [0.1, 0.15) is 136 Å². The summed E-state index contributed by atoms with van der Waals surface area (Å²) in [4.78, 5) is 98.3. The highest BCUT2D eigenvalue weighted by atomic mass is 16.5. The van der Waals surface area contributed by atoms with Crippen molar-refractivity contribution in [2.75, 3.05) is 50.6 Å². The van der Waals surface area contributed by atoms with Gasteiger partial charge in [0.05, 0.1) is 67.5 Å². The number of aromatic amines is 2.